The number of carbonyl (C=O) groups is 1. The van der Waals surface area contributed by atoms with Crippen molar-refractivity contribution in [2.24, 2.45) is 0 Å². The lowest BCUT2D eigenvalue weighted by Gasteiger charge is -2.42. The third kappa shape index (κ3) is 4.45. The molecule has 0 fully saturated rings. The van der Waals surface area contributed by atoms with E-state index in [0.29, 0.717) is 12.0 Å². The molecule has 1 N–H and O–H groups in total. The molecular formula is C26H32O3. The van der Waals surface area contributed by atoms with Gasteiger partial charge in [-0.3, -0.25) is 0 Å². The van der Waals surface area contributed by atoms with Gasteiger partial charge >= 0.3 is 5.97 Å². The standard InChI is InChI=1S/C26H32O3/c1-25(2)13-14-26(3,4)23-17-21(12-15-27)20(16-22(23)25)11-8-18-6-9-19(10-7-18)24(28)29-5/h6-11,16-17,27H,12-15H2,1-5H3. The van der Waals surface area contributed by atoms with Gasteiger partial charge in [0.1, 0.15) is 0 Å². The maximum absolute atomic E-state index is 11.6. The van der Waals surface area contributed by atoms with Crippen LogP contribution in [-0.2, 0) is 22.0 Å². The Bertz CT molecular complexity index is 918. The Kier molecular flexibility index (Phi) is 6.00. The quantitative estimate of drug-likeness (QED) is 0.538. The van der Waals surface area contributed by atoms with Crippen LogP contribution in [0.2, 0.25) is 0 Å². The first-order valence-corrected chi connectivity index (χ1v) is 10.3. The summed E-state index contributed by atoms with van der Waals surface area (Å²) in [5.74, 6) is -0.328. The normalized spacial score (nSPS) is 17.2. The fraction of sp³-hybridized carbons (Fsp3) is 0.423. The molecule has 0 spiro atoms. The van der Waals surface area contributed by atoms with Gasteiger partial charge in [0.05, 0.1) is 12.7 Å². The highest BCUT2D eigenvalue weighted by molar-refractivity contribution is 5.89. The number of methoxy groups -OCH3 is 1. The van der Waals surface area contributed by atoms with Crippen molar-refractivity contribution in [3.8, 4) is 0 Å². The van der Waals surface area contributed by atoms with Crippen LogP contribution < -0.4 is 0 Å². The van der Waals surface area contributed by atoms with E-state index in [1.807, 2.05) is 12.1 Å². The molecule has 2 aromatic rings. The van der Waals surface area contributed by atoms with E-state index in [-0.39, 0.29) is 23.4 Å². The van der Waals surface area contributed by atoms with Crippen molar-refractivity contribution < 1.29 is 14.6 Å². The van der Waals surface area contributed by atoms with E-state index in [1.165, 1.54) is 36.6 Å². The molecule has 3 nitrogen and oxygen atoms in total. The first-order chi connectivity index (χ1) is 13.7. The van der Waals surface area contributed by atoms with Crippen LogP contribution in [0.4, 0.5) is 0 Å². The van der Waals surface area contributed by atoms with E-state index in [9.17, 15) is 9.90 Å². The first kappa shape index (κ1) is 21.3. The summed E-state index contributed by atoms with van der Waals surface area (Å²) in [7, 11) is 1.39. The van der Waals surface area contributed by atoms with Crippen molar-refractivity contribution in [3.63, 3.8) is 0 Å². The van der Waals surface area contributed by atoms with Gasteiger partial charge in [-0.1, -0.05) is 64.1 Å². The van der Waals surface area contributed by atoms with Crippen molar-refractivity contribution in [2.75, 3.05) is 13.7 Å². The minimum atomic E-state index is -0.328. The SMILES string of the molecule is COC(=O)c1ccc(C=Cc2cc3c(cc2CCO)C(C)(C)CCC3(C)C)cc1. The lowest BCUT2D eigenvalue weighted by Crippen LogP contribution is -2.34. The summed E-state index contributed by atoms with van der Waals surface area (Å²) >= 11 is 0. The second-order valence-electron chi connectivity index (χ2n) is 9.28. The molecule has 0 aliphatic heterocycles. The van der Waals surface area contributed by atoms with Crippen LogP contribution in [0.25, 0.3) is 12.2 Å². The van der Waals surface area contributed by atoms with Crippen molar-refractivity contribution in [1.29, 1.82) is 0 Å². The molecule has 2 aromatic carbocycles. The van der Waals surface area contributed by atoms with Crippen molar-refractivity contribution in [1.82, 2.24) is 0 Å². The van der Waals surface area contributed by atoms with Crippen molar-refractivity contribution in [2.45, 2.75) is 57.8 Å². The highest BCUT2D eigenvalue weighted by Gasteiger charge is 2.37. The lowest BCUT2D eigenvalue weighted by atomic mass is 9.62. The Morgan fingerprint density at radius 3 is 2.14 bits per heavy atom. The summed E-state index contributed by atoms with van der Waals surface area (Å²) in [6.07, 6.45) is 7.17. The number of ether oxygens (including phenoxy) is 1. The zero-order valence-corrected chi connectivity index (χ0v) is 18.2. The van der Waals surface area contributed by atoms with Crippen LogP contribution in [0.3, 0.4) is 0 Å². The van der Waals surface area contributed by atoms with Crippen LogP contribution in [0.5, 0.6) is 0 Å². The summed E-state index contributed by atoms with van der Waals surface area (Å²) < 4.78 is 4.76. The van der Waals surface area contributed by atoms with Gasteiger partial charge in [0.2, 0.25) is 0 Å². The lowest BCUT2D eigenvalue weighted by molar-refractivity contribution is 0.0600. The fourth-order valence-corrected chi connectivity index (χ4v) is 4.20. The first-order valence-electron chi connectivity index (χ1n) is 10.3. The monoisotopic (exact) mass is 392 g/mol. The number of hydrogen-bond acceptors (Lipinski definition) is 3. The average Bonchev–Trinajstić information content (AvgIpc) is 2.70. The maximum atomic E-state index is 11.6. The highest BCUT2D eigenvalue weighted by atomic mass is 16.5. The Hall–Kier alpha value is -2.39. The van der Waals surface area contributed by atoms with Gasteiger partial charge in [-0.05, 0) is 70.0 Å². The van der Waals surface area contributed by atoms with Crippen LogP contribution in [0.15, 0.2) is 36.4 Å². The van der Waals surface area contributed by atoms with Gasteiger partial charge in [-0.2, -0.15) is 0 Å². The van der Waals surface area contributed by atoms with Crippen molar-refractivity contribution >= 4 is 18.1 Å². The van der Waals surface area contributed by atoms with E-state index in [0.717, 1.165) is 11.1 Å². The topological polar surface area (TPSA) is 46.5 Å². The molecule has 0 radical (unpaired) electrons. The van der Waals surface area contributed by atoms with Gasteiger partial charge in [0.15, 0.2) is 0 Å². The fourth-order valence-electron chi connectivity index (χ4n) is 4.20. The summed E-state index contributed by atoms with van der Waals surface area (Å²) in [5, 5.41) is 9.60. The van der Waals surface area contributed by atoms with Crippen LogP contribution in [0, 0.1) is 0 Å². The molecule has 1 aliphatic rings. The van der Waals surface area contributed by atoms with E-state index >= 15 is 0 Å². The molecule has 29 heavy (non-hydrogen) atoms. The third-order valence-corrected chi connectivity index (χ3v) is 6.28. The summed E-state index contributed by atoms with van der Waals surface area (Å²) in [4.78, 5) is 11.6. The van der Waals surface area contributed by atoms with Gasteiger partial charge in [-0.15, -0.1) is 0 Å². The molecular weight excluding hydrogens is 360 g/mol. The second-order valence-corrected chi connectivity index (χ2v) is 9.28. The highest BCUT2D eigenvalue weighted by Crippen LogP contribution is 2.46. The zero-order chi connectivity index (χ0) is 21.2. The number of fused-ring (bicyclic) bond motifs is 1. The molecule has 0 atom stereocenters. The number of aliphatic hydroxyl groups excluding tert-OH is 1. The Labute approximate surface area is 174 Å². The van der Waals surface area contributed by atoms with Crippen LogP contribution in [-0.4, -0.2) is 24.8 Å². The number of aliphatic hydroxyl groups is 1. The van der Waals surface area contributed by atoms with E-state index < -0.39 is 0 Å². The number of rotatable bonds is 5. The number of esters is 1. The maximum Gasteiger partial charge on any atom is 0.337 e. The van der Waals surface area contributed by atoms with Gasteiger partial charge in [0.25, 0.3) is 0 Å². The van der Waals surface area contributed by atoms with Crippen molar-refractivity contribution in [3.05, 3.63) is 69.8 Å². The second kappa shape index (κ2) is 8.16. The molecule has 3 heteroatoms. The minimum Gasteiger partial charge on any atom is -0.465 e. The predicted octanol–water partition coefficient (Wildman–Crippen LogP) is 5.53. The average molecular weight is 393 g/mol. The molecule has 3 rings (SSSR count). The third-order valence-electron chi connectivity index (χ3n) is 6.28. The minimum absolute atomic E-state index is 0.136. The van der Waals surface area contributed by atoms with Gasteiger partial charge in [-0.25, -0.2) is 4.79 Å². The van der Waals surface area contributed by atoms with Gasteiger partial charge in [0, 0.05) is 6.61 Å². The Morgan fingerprint density at radius 2 is 1.59 bits per heavy atom. The number of carbonyl (C=O) groups excluding carboxylic acids is 1. The van der Waals surface area contributed by atoms with Crippen LogP contribution in [0.1, 0.15) is 78.7 Å². The smallest absolute Gasteiger partial charge is 0.337 e. The molecule has 0 heterocycles. The molecule has 1 aliphatic carbocycles. The molecule has 0 bridgehead atoms. The molecule has 0 amide bonds. The molecule has 0 aromatic heterocycles. The largest absolute Gasteiger partial charge is 0.465 e. The molecule has 0 saturated heterocycles. The molecule has 0 unspecified atom stereocenters. The number of hydrogen-bond donors (Lipinski definition) is 1. The summed E-state index contributed by atoms with van der Waals surface area (Å²) in [6.45, 7) is 9.43. The Morgan fingerprint density at radius 1 is 1.00 bits per heavy atom. The van der Waals surface area contributed by atoms with Gasteiger partial charge < -0.3 is 9.84 Å². The Balaban J connectivity index is 2.00. The van der Waals surface area contributed by atoms with E-state index in [1.54, 1.807) is 12.1 Å². The van der Waals surface area contributed by atoms with Crippen LogP contribution >= 0.6 is 0 Å². The number of benzene rings is 2. The molecule has 0 saturated carbocycles. The summed E-state index contributed by atoms with van der Waals surface area (Å²) in [6, 6.07) is 12.0. The zero-order valence-electron chi connectivity index (χ0n) is 18.2. The summed E-state index contributed by atoms with van der Waals surface area (Å²) in [5.41, 5.74) is 7.02. The van der Waals surface area contributed by atoms with E-state index in [2.05, 4.69) is 52.0 Å². The predicted molar refractivity (Wildman–Crippen MR) is 119 cm³/mol. The molecule has 154 valence electrons. The van der Waals surface area contributed by atoms with E-state index in [4.69, 9.17) is 4.74 Å².